The van der Waals surface area contributed by atoms with Crippen LogP contribution < -0.4 is 16.0 Å². The average molecular weight is 544 g/mol. The number of halogens is 3. The summed E-state index contributed by atoms with van der Waals surface area (Å²) in [7, 11) is 1.46. The molecular formula is C26H24ClF2N5O4. The third-order valence-corrected chi connectivity index (χ3v) is 6.18. The van der Waals surface area contributed by atoms with Crippen LogP contribution in [-0.4, -0.2) is 36.5 Å². The van der Waals surface area contributed by atoms with E-state index in [1.165, 1.54) is 29.8 Å². The van der Waals surface area contributed by atoms with Gasteiger partial charge >= 0.3 is 11.8 Å². The first kappa shape index (κ1) is 27.0. The fourth-order valence-corrected chi connectivity index (χ4v) is 4.34. The molecule has 0 spiro atoms. The van der Waals surface area contributed by atoms with Crippen LogP contribution in [0.25, 0.3) is 11.2 Å². The molecule has 0 aliphatic rings. The van der Waals surface area contributed by atoms with Crippen molar-refractivity contribution in [1.29, 1.82) is 5.26 Å². The van der Waals surface area contributed by atoms with Gasteiger partial charge in [-0.1, -0.05) is 35.9 Å². The molecule has 0 bridgehead atoms. The Bertz CT molecular complexity index is 1630. The Morgan fingerprint density at radius 2 is 1.89 bits per heavy atom. The van der Waals surface area contributed by atoms with Gasteiger partial charge in [0.25, 0.3) is 5.56 Å². The molecule has 1 unspecified atom stereocenters. The van der Waals surface area contributed by atoms with Gasteiger partial charge in [-0.2, -0.15) is 14.0 Å². The van der Waals surface area contributed by atoms with Gasteiger partial charge in [-0.3, -0.25) is 13.9 Å². The van der Waals surface area contributed by atoms with E-state index >= 15 is 0 Å². The number of rotatable bonds is 9. The van der Waals surface area contributed by atoms with E-state index in [0.29, 0.717) is 17.5 Å². The Morgan fingerprint density at radius 1 is 1.18 bits per heavy atom. The summed E-state index contributed by atoms with van der Waals surface area (Å²) >= 11 is 6.03. The summed E-state index contributed by atoms with van der Waals surface area (Å²) in [4.78, 5) is 31.0. The normalized spacial score (nSPS) is 12.4. The minimum atomic E-state index is -3.43. The highest BCUT2D eigenvalue weighted by molar-refractivity contribution is 6.30. The zero-order valence-corrected chi connectivity index (χ0v) is 21.3. The van der Waals surface area contributed by atoms with Crippen molar-refractivity contribution < 1.29 is 18.6 Å². The van der Waals surface area contributed by atoms with Crippen molar-refractivity contribution in [3.63, 3.8) is 0 Å². The molecule has 0 fully saturated rings. The highest BCUT2D eigenvalue weighted by Gasteiger charge is 2.28. The van der Waals surface area contributed by atoms with E-state index < -0.39 is 23.3 Å². The second kappa shape index (κ2) is 10.8. The van der Waals surface area contributed by atoms with Gasteiger partial charge in [0.1, 0.15) is 17.5 Å². The molecule has 2 aromatic heterocycles. The highest BCUT2D eigenvalue weighted by atomic mass is 35.5. The second-order valence-electron chi connectivity index (χ2n) is 8.77. The summed E-state index contributed by atoms with van der Waals surface area (Å²) in [5.74, 6) is -1.09. The predicted octanol–water partition coefficient (Wildman–Crippen LogP) is 3.63. The minimum Gasteiger partial charge on any atom is -0.433 e. The van der Waals surface area contributed by atoms with E-state index in [1.807, 2.05) is 0 Å². The lowest BCUT2D eigenvalue weighted by Crippen LogP contribution is -2.40. The number of aryl methyl sites for hydroxylation is 1. The number of alkyl halides is 2. The van der Waals surface area contributed by atoms with Crippen molar-refractivity contribution in [2.24, 2.45) is 7.05 Å². The SMILES string of the molecule is Cn1c(=O)n(CCCO)c(=O)c2c1nc(C(C#N)c1cccc(OC(C)(F)F)c1)n2Cc1ccc(Cl)cc1. The number of fused-ring (bicyclic) bond motifs is 1. The summed E-state index contributed by atoms with van der Waals surface area (Å²) in [6.45, 7) is 0.494. The fourth-order valence-electron chi connectivity index (χ4n) is 4.21. The average Bonchev–Trinajstić information content (AvgIpc) is 3.23. The maximum atomic E-state index is 13.5. The van der Waals surface area contributed by atoms with Gasteiger partial charge in [0.15, 0.2) is 11.2 Å². The van der Waals surface area contributed by atoms with Gasteiger partial charge < -0.3 is 14.4 Å². The number of aromatic nitrogens is 4. The molecule has 4 rings (SSSR count). The lowest BCUT2D eigenvalue weighted by Gasteiger charge is -2.16. The summed E-state index contributed by atoms with van der Waals surface area (Å²) in [6.07, 6.45) is -3.24. The van der Waals surface area contributed by atoms with Crippen molar-refractivity contribution in [3.05, 3.63) is 91.3 Å². The summed E-state index contributed by atoms with van der Waals surface area (Å²) in [5, 5.41) is 19.9. The number of imidazole rings is 1. The number of aliphatic hydroxyl groups excluding tert-OH is 1. The number of hydrogen-bond donors (Lipinski definition) is 1. The van der Waals surface area contributed by atoms with Crippen LogP contribution in [0.3, 0.4) is 0 Å². The van der Waals surface area contributed by atoms with E-state index in [2.05, 4.69) is 15.8 Å². The first-order chi connectivity index (χ1) is 18.0. The predicted molar refractivity (Wildman–Crippen MR) is 137 cm³/mol. The Morgan fingerprint density at radius 3 is 2.53 bits per heavy atom. The van der Waals surface area contributed by atoms with Gasteiger partial charge in [0.2, 0.25) is 0 Å². The third kappa shape index (κ3) is 5.46. The van der Waals surface area contributed by atoms with Crippen LogP contribution >= 0.6 is 11.6 Å². The molecule has 0 amide bonds. The molecule has 0 aliphatic heterocycles. The highest BCUT2D eigenvalue weighted by Crippen LogP contribution is 2.30. The molecule has 38 heavy (non-hydrogen) atoms. The summed E-state index contributed by atoms with van der Waals surface area (Å²) in [5.41, 5.74) is -0.0342. The Hall–Kier alpha value is -4.01. The molecule has 0 saturated carbocycles. The lowest BCUT2D eigenvalue weighted by molar-refractivity contribution is -0.158. The number of nitrogens with zero attached hydrogens (tertiary/aromatic N) is 5. The van der Waals surface area contributed by atoms with Gasteiger partial charge in [-0.05, 0) is 41.8 Å². The molecule has 0 radical (unpaired) electrons. The Labute approximate surface area is 220 Å². The van der Waals surface area contributed by atoms with Crippen LogP contribution in [0.1, 0.15) is 36.2 Å². The fraction of sp³-hybridized carbons (Fsp3) is 0.308. The van der Waals surface area contributed by atoms with Crippen LogP contribution in [0.5, 0.6) is 5.75 Å². The summed E-state index contributed by atoms with van der Waals surface area (Å²) < 4.78 is 35.4. The topological polar surface area (TPSA) is 115 Å². The first-order valence-corrected chi connectivity index (χ1v) is 12.0. The van der Waals surface area contributed by atoms with E-state index in [-0.39, 0.29) is 48.9 Å². The van der Waals surface area contributed by atoms with E-state index in [4.69, 9.17) is 11.6 Å². The monoisotopic (exact) mass is 543 g/mol. The van der Waals surface area contributed by atoms with Gasteiger partial charge in [-0.25, -0.2) is 9.78 Å². The molecule has 12 heteroatoms. The number of ether oxygens (including phenoxy) is 1. The first-order valence-electron chi connectivity index (χ1n) is 11.7. The molecule has 4 aromatic rings. The maximum absolute atomic E-state index is 13.5. The van der Waals surface area contributed by atoms with Crippen LogP contribution in [-0.2, 0) is 20.1 Å². The van der Waals surface area contributed by atoms with E-state index in [1.54, 1.807) is 34.9 Å². The molecule has 1 N–H and O–H groups in total. The van der Waals surface area contributed by atoms with Crippen molar-refractivity contribution in [3.8, 4) is 11.8 Å². The van der Waals surface area contributed by atoms with Crippen LogP contribution in [0.2, 0.25) is 5.02 Å². The minimum absolute atomic E-state index is 0.00824. The van der Waals surface area contributed by atoms with Gasteiger partial charge in [-0.15, -0.1) is 0 Å². The smallest absolute Gasteiger partial charge is 0.394 e. The van der Waals surface area contributed by atoms with Crippen LogP contribution in [0, 0.1) is 11.3 Å². The van der Waals surface area contributed by atoms with Crippen LogP contribution in [0.15, 0.2) is 58.1 Å². The quantitative estimate of drug-likeness (QED) is 0.345. The van der Waals surface area contributed by atoms with Crippen molar-refractivity contribution in [2.45, 2.75) is 38.5 Å². The zero-order chi connectivity index (χ0) is 27.6. The number of hydrogen-bond acceptors (Lipinski definition) is 6. The number of aliphatic hydroxyl groups is 1. The van der Waals surface area contributed by atoms with Crippen molar-refractivity contribution in [1.82, 2.24) is 18.7 Å². The second-order valence-corrected chi connectivity index (χ2v) is 9.21. The molecule has 198 valence electrons. The Kier molecular flexibility index (Phi) is 7.66. The number of benzene rings is 2. The molecule has 2 heterocycles. The van der Waals surface area contributed by atoms with Crippen molar-refractivity contribution in [2.75, 3.05) is 6.61 Å². The molecule has 0 aliphatic carbocycles. The van der Waals surface area contributed by atoms with Gasteiger partial charge in [0.05, 0.1) is 6.07 Å². The zero-order valence-electron chi connectivity index (χ0n) is 20.6. The number of nitriles is 1. The summed E-state index contributed by atoms with van der Waals surface area (Å²) in [6, 6.07) is 14.7. The molecule has 2 aromatic carbocycles. The lowest BCUT2D eigenvalue weighted by atomic mass is 9.99. The van der Waals surface area contributed by atoms with Crippen molar-refractivity contribution >= 4 is 22.8 Å². The van der Waals surface area contributed by atoms with E-state index in [0.717, 1.165) is 10.1 Å². The largest absolute Gasteiger partial charge is 0.433 e. The van der Waals surface area contributed by atoms with E-state index in [9.17, 15) is 28.7 Å². The van der Waals surface area contributed by atoms with Crippen LogP contribution in [0.4, 0.5) is 8.78 Å². The molecular weight excluding hydrogens is 520 g/mol. The Balaban J connectivity index is 1.97. The molecule has 9 nitrogen and oxygen atoms in total. The molecule has 0 saturated heterocycles. The third-order valence-electron chi connectivity index (χ3n) is 5.93. The standard InChI is InChI=1S/C26H24ClF2N5O4/c1-26(28,29)38-19-6-3-5-17(13-19)20(14-30)22-31-23-21(34(22)15-16-7-9-18(27)10-8-16)24(36)33(11-4-12-35)25(37)32(23)2/h3,5-10,13,20,35H,4,11-12,15H2,1-2H3. The van der Waals surface area contributed by atoms with Gasteiger partial charge in [0, 0.05) is 38.7 Å². The maximum Gasteiger partial charge on any atom is 0.394 e. The molecule has 1 atom stereocenters.